The molecule has 0 radical (unpaired) electrons. The molecule has 6 heteroatoms. The summed E-state index contributed by atoms with van der Waals surface area (Å²) in [6.07, 6.45) is 0. The van der Waals surface area contributed by atoms with Gasteiger partial charge < -0.3 is 14.2 Å². The van der Waals surface area contributed by atoms with Gasteiger partial charge in [-0.15, -0.1) is 0 Å². The largest absolute Gasteiger partial charge is 0.460 e. The van der Waals surface area contributed by atoms with Crippen molar-refractivity contribution in [1.29, 1.82) is 0 Å². The highest BCUT2D eigenvalue weighted by molar-refractivity contribution is 6.01. The zero-order chi connectivity index (χ0) is 24.6. The Morgan fingerprint density at radius 3 is 2.33 bits per heavy atom. The molecule has 0 spiro atoms. The normalized spacial score (nSPS) is 16.0. The number of amides is 1. The van der Waals surface area contributed by atoms with Crippen LogP contribution in [0, 0.1) is 5.82 Å². The van der Waals surface area contributed by atoms with Crippen LogP contribution in [-0.4, -0.2) is 48.9 Å². The molecule has 0 atom stereocenters. The molecule has 1 amide bonds. The average molecular weight is 482 g/mol. The lowest BCUT2D eigenvalue weighted by atomic mass is 9.92. The number of benzene rings is 3. The van der Waals surface area contributed by atoms with Gasteiger partial charge in [-0.2, -0.15) is 0 Å². The van der Waals surface area contributed by atoms with E-state index >= 15 is 0 Å². The molecule has 2 aliphatic heterocycles. The number of hydrogen-bond acceptors (Lipinski definition) is 4. The molecule has 0 bridgehead atoms. The van der Waals surface area contributed by atoms with Gasteiger partial charge >= 0.3 is 0 Å². The molecule has 3 heterocycles. The summed E-state index contributed by atoms with van der Waals surface area (Å²) in [5.41, 5.74) is 5.96. The van der Waals surface area contributed by atoms with Crippen LogP contribution in [0.3, 0.4) is 0 Å². The minimum atomic E-state index is -0.197. The van der Waals surface area contributed by atoms with Crippen molar-refractivity contribution in [1.82, 2.24) is 9.80 Å². The highest BCUT2D eigenvalue weighted by Crippen LogP contribution is 2.38. The first kappa shape index (κ1) is 22.6. The van der Waals surface area contributed by atoms with Gasteiger partial charge in [-0.3, -0.25) is 9.69 Å². The monoisotopic (exact) mass is 481 g/mol. The Labute approximate surface area is 210 Å². The third kappa shape index (κ3) is 4.18. The molecule has 0 unspecified atom stereocenters. The first-order chi connectivity index (χ1) is 17.6. The molecule has 5 nitrogen and oxygen atoms in total. The van der Waals surface area contributed by atoms with Gasteiger partial charge in [0.25, 0.3) is 5.91 Å². The lowest BCUT2D eigenvalue weighted by molar-refractivity contribution is 0.0816. The molecule has 36 heavy (non-hydrogen) atoms. The zero-order valence-electron chi connectivity index (χ0n) is 20.3. The quantitative estimate of drug-likeness (QED) is 0.369. The van der Waals surface area contributed by atoms with Gasteiger partial charge in [-0.1, -0.05) is 42.5 Å². The Bertz CT molecular complexity index is 1420. The van der Waals surface area contributed by atoms with Crippen LogP contribution >= 0.6 is 0 Å². The van der Waals surface area contributed by atoms with Gasteiger partial charge in [-0.05, 0) is 53.1 Å². The number of carbonyl (C=O) groups is 1. The molecule has 0 N–H and O–H groups in total. The van der Waals surface area contributed by atoms with Gasteiger partial charge in [-0.25, -0.2) is 4.39 Å². The van der Waals surface area contributed by atoms with E-state index in [1.54, 1.807) is 17.0 Å². The second-order valence-corrected chi connectivity index (χ2v) is 9.55. The molecule has 4 aromatic rings. The van der Waals surface area contributed by atoms with Crippen LogP contribution in [-0.2, 0) is 13.1 Å². The summed E-state index contributed by atoms with van der Waals surface area (Å²) in [6, 6.07) is 25.1. The predicted octanol–water partition coefficient (Wildman–Crippen LogP) is 5.66. The van der Waals surface area contributed by atoms with E-state index in [1.165, 1.54) is 6.07 Å². The lowest BCUT2D eigenvalue weighted by Crippen LogP contribution is -2.45. The Hall–Kier alpha value is -3.90. The molecule has 1 aromatic heterocycles. The number of fused-ring (bicyclic) bond motifs is 1. The number of nitrogens with zero attached hydrogens (tertiary/aromatic N) is 3. The summed E-state index contributed by atoms with van der Waals surface area (Å²) in [4.78, 5) is 18.9. The summed E-state index contributed by atoms with van der Waals surface area (Å²) < 4.78 is 19.9. The van der Waals surface area contributed by atoms with Crippen molar-refractivity contribution in [3.63, 3.8) is 0 Å². The number of carbonyl (C=O) groups excluding carboxylic acids is 1. The van der Waals surface area contributed by atoms with E-state index in [0.29, 0.717) is 6.54 Å². The highest BCUT2D eigenvalue weighted by atomic mass is 19.1. The molecule has 6 rings (SSSR count). The maximum atomic E-state index is 13.6. The summed E-state index contributed by atoms with van der Waals surface area (Å²) in [5, 5.41) is 0. The van der Waals surface area contributed by atoms with Gasteiger partial charge in [0.1, 0.15) is 17.3 Å². The fraction of sp³-hybridized carbons (Fsp3) is 0.233. The van der Waals surface area contributed by atoms with E-state index in [9.17, 15) is 9.18 Å². The number of anilines is 1. The highest BCUT2D eigenvalue weighted by Gasteiger charge is 2.27. The molecule has 3 aromatic carbocycles. The van der Waals surface area contributed by atoms with Crippen molar-refractivity contribution < 1.29 is 13.6 Å². The number of piperazine rings is 1. The third-order valence-corrected chi connectivity index (χ3v) is 7.22. The van der Waals surface area contributed by atoms with Gasteiger partial charge in [0, 0.05) is 56.6 Å². The maximum absolute atomic E-state index is 13.6. The number of halogens is 1. The van der Waals surface area contributed by atoms with E-state index in [4.69, 9.17) is 4.42 Å². The van der Waals surface area contributed by atoms with Gasteiger partial charge in [0.05, 0.1) is 6.54 Å². The van der Waals surface area contributed by atoms with Crippen LogP contribution in [0.4, 0.5) is 10.1 Å². The lowest BCUT2D eigenvalue weighted by Gasteiger charge is -2.35. The number of hydrogen-bond donors (Lipinski definition) is 0. The van der Waals surface area contributed by atoms with Crippen molar-refractivity contribution in [3.8, 4) is 22.5 Å². The van der Waals surface area contributed by atoms with Gasteiger partial charge in [0.15, 0.2) is 0 Å². The van der Waals surface area contributed by atoms with Crippen LogP contribution in [0.1, 0.15) is 21.7 Å². The van der Waals surface area contributed by atoms with Crippen molar-refractivity contribution in [3.05, 3.63) is 102 Å². The fourth-order valence-electron chi connectivity index (χ4n) is 5.32. The third-order valence-electron chi connectivity index (χ3n) is 7.22. The Kier molecular flexibility index (Phi) is 5.82. The molecular formula is C30H28FN3O2. The first-order valence-electron chi connectivity index (χ1n) is 12.4. The Morgan fingerprint density at radius 2 is 1.53 bits per heavy atom. The Balaban J connectivity index is 1.19. The first-order valence-corrected chi connectivity index (χ1v) is 12.4. The van der Waals surface area contributed by atoms with E-state index < -0.39 is 0 Å². The predicted molar refractivity (Wildman–Crippen MR) is 139 cm³/mol. The van der Waals surface area contributed by atoms with Crippen LogP contribution in [0.2, 0.25) is 0 Å². The maximum Gasteiger partial charge on any atom is 0.254 e. The van der Waals surface area contributed by atoms with E-state index in [1.807, 2.05) is 43.4 Å². The molecule has 182 valence electrons. The van der Waals surface area contributed by atoms with E-state index in [2.05, 4.69) is 34.1 Å². The van der Waals surface area contributed by atoms with Crippen LogP contribution in [0.25, 0.3) is 22.5 Å². The molecule has 1 fully saturated rings. The van der Waals surface area contributed by atoms with Crippen molar-refractivity contribution in [2.24, 2.45) is 0 Å². The minimum Gasteiger partial charge on any atom is -0.460 e. The standard InChI is InChI=1S/C30H28FN3O2/c1-32-20-28-25(10-5-11-27(28)30(32)35)24-8-2-3-9-26(24)29-13-12-23(36-29)19-33-14-16-34(17-15-33)22-7-4-6-21(31)18-22/h2-13,18H,14-17,19-20H2,1H3. The topological polar surface area (TPSA) is 39.9 Å². The SMILES string of the molecule is CN1Cc2c(cccc2-c2ccccc2-c2ccc(CN3CCN(c4cccc(F)c4)CC3)o2)C1=O. The van der Waals surface area contributed by atoms with Crippen LogP contribution in [0.15, 0.2) is 83.3 Å². The van der Waals surface area contributed by atoms with E-state index in [0.717, 1.165) is 77.7 Å². The fourth-order valence-corrected chi connectivity index (χ4v) is 5.32. The number of furan rings is 1. The van der Waals surface area contributed by atoms with Crippen LogP contribution in [0.5, 0.6) is 0 Å². The minimum absolute atomic E-state index is 0.0714. The Morgan fingerprint density at radius 1 is 0.806 bits per heavy atom. The molecule has 1 saturated heterocycles. The zero-order valence-corrected chi connectivity index (χ0v) is 20.3. The summed E-state index contributed by atoms with van der Waals surface area (Å²) in [5.74, 6) is 1.63. The van der Waals surface area contributed by atoms with Crippen molar-refractivity contribution in [2.45, 2.75) is 13.1 Å². The van der Waals surface area contributed by atoms with Crippen molar-refractivity contribution in [2.75, 3.05) is 38.1 Å². The van der Waals surface area contributed by atoms with Crippen molar-refractivity contribution >= 4 is 11.6 Å². The smallest absolute Gasteiger partial charge is 0.254 e. The summed E-state index contributed by atoms with van der Waals surface area (Å²) >= 11 is 0. The van der Waals surface area contributed by atoms with Gasteiger partial charge in [0.2, 0.25) is 0 Å². The van der Waals surface area contributed by atoms with E-state index in [-0.39, 0.29) is 11.7 Å². The summed E-state index contributed by atoms with van der Waals surface area (Å²) in [6.45, 7) is 4.84. The summed E-state index contributed by atoms with van der Waals surface area (Å²) in [7, 11) is 1.84. The average Bonchev–Trinajstić information content (AvgIpc) is 3.48. The number of rotatable bonds is 5. The second kappa shape index (κ2) is 9.28. The second-order valence-electron chi connectivity index (χ2n) is 9.55. The molecule has 2 aliphatic rings. The molecule has 0 aliphatic carbocycles. The molecular weight excluding hydrogens is 453 g/mol. The van der Waals surface area contributed by atoms with Crippen LogP contribution < -0.4 is 4.90 Å². The molecule has 0 saturated carbocycles.